The van der Waals surface area contributed by atoms with Crippen molar-refractivity contribution in [3.05, 3.63) is 77.6 Å². The van der Waals surface area contributed by atoms with Crippen molar-refractivity contribution in [3.8, 4) is 28.9 Å². The topological polar surface area (TPSA) is 59.7 Å². The lowest BCUT2D eigenvalue weighted by Crippen LogP contribution is -2.04. The highest BCUT2D eigenvalue weighted by atomic mass is 16.5. The number of ether oxygens (including phenoxy) is 1. The first-order valence-electron chi connectivity index (χ1n) is 9.08. The summed E-state index contributed by atoms with van der Waals surface area (Å²) in [5, 5.41) is 9.05. The van der Waals surface area contributed by atoms with E-state index in [4.69, 9.17) is 14.3 Å². The summed E-state index contributed by atoms with van der Waals surface area (Å²) in [6.45, 7) is 4.03. The number of carboxylic acid groups (broad SMARTS) is 1. The van der Waals surface area contributed by atoms with E-state index in [0.29, 0.717) is 12.4 Å². The highest BCUT2D eigenvalue weighted by Crippen LogP contribution is 2.27. The van der Waals surface area contributed by atoms with Crippen LogP contribution in [0.15, 0.2) is 65.1 Å². The zero-order valence-corrected chi connectivity index (χ0v) is 15.9. The summed E-state index contributed by atoms with van der Waals surface area (Å²) in [5.74, 6) is 6.93. The number of carbonyl (C=O) groups is 1. The second kappa shape index (κ2) is 8.96. The molecule has 142 valence electrons. The van der Waals surface area contributed by atoms with Gasteiger partial charge < -0.3 is 14.3 Å². The smallest absolute Gasteiger partial charge is 0.304 e. The third kappa shape index (κ3) is 4.83. The Bertz CT molecular complexity index is 989. The fourth-order valence-corrected chi connectivity index (χ4v) is 2.97. The van der Waals surface area contributed by atoms with Gasteiger partial charge in [-0.05, 0) is 37.6 Å². The molecule has 0 aliphatic rings. The molecule has 0 spiro atoms. The van der Waals surface area contributed by atoms with Crippen LogP contribution in [0.3, 0.4) is 0 Å². The van der Waals surface area contributed by atoms with Crippen molar-refractivity contribution in [1.29, 1.82) is 0 Å². The minimum absolute atomic E-state index is 0.0163. The molecule has 0 fully saturated rings. The Balaban J connectivity index is 1.67. The van der Waals surface area contributed by atoms with Gasteiger partial charge in [-0.25, -0.2) is 0 Å². The molecule has 1 atom stereocenters. The Morgan fingerprint density at radius 2 is 1.86 bits per heavy atom. The molecule has 3 aromatic rings. The number of aliphatic carboxylic acids is 1. The Morgan fingerprint density at radius 1 is 1.14 bits per heavy atom. The van der Waals surface area contributed by atoms with Gasteiger partial charge in [-0.2, -0.15) is 0 Å². The molecule has 0 aliphatic carbocycles. The fraction of sp³-hybridized carbons (Fsp3) is 0.208. The molecule has 4 nitrogen and oxygen atoms in total. The molecular weight excluding hydrogens is 352 g/mol. The molecular formula is C24H22O4. The van der Waals surface area contributed by atoms with E-state index in [9.17, 15) is 4.79 Å². The first-order chi connectivity index (χ1) is 13.6. The van der Waals surface area contributed by atoms with Crippen LogP contribution >= 0.6 is 0 Å². The average Bonchev–Trinajstić information content (AvgIpc) is 3.07. The lowest BCUT2D eigenvalue weighted by atomic mass is 9.96. The average molecular weight is 374 g/mol. The maximum absolute atomic E-state index is 11.0. The molecule has 1 aromatic heterocycles. The summed E-state index contributed by atoms with van der Waals surface area (Å²) in [4.78, 5) is 11.0. The Kier molecular flexibility index (Phi) is 6.18. The molecule has 0 aliphatic heterocycles. The summed E-state index contributed by atoms with van der Waals surface area (Å²) in [6, 6.07) is 19.4. The lowest BCUT2D eigenvalue weighted by molar-refractivity contribution is -0.137. The van der Waals surface area contributed by atoms with Crippen molar-refractivity contribution < 1.29 is 19.1 Å². The zero-order valence-electron chi connectivity index (χ0n) is 15.9. The summed E-state index contributed by atoms with van der Waals surface area (Å²) in [5.41, 5.74) is 2.89. The number of rotatable bonds is 7. The Morgan fingerprint density at radius 3 is 2.50 bits per heavy atom. The molecule has 0 saturated heterocycles. The predicted molar refractivity (Wildman–Crippen MR) is 108 cm³/mol. The first-order valence-corrected chi connectivity index (χ1v) is 9.08. The molecule has 2 aromatic carbocycles. The summed E-state index contributed by atoms with van der Waals surface area (Å²) in [7, 11) is 0. The van der Waals surface area contributed by atoms with Crippen molar-refractivity contribution >= 4 is 5.97 Å². The number of hydrogen-bond donors (Lipinski definition) is 1. The second-order valence-electron chi connectivity index (χ2n) is 6.46. The van der Waals surface area contributed by atoms with Crippen molar-refractivity contribution in [2.24, 2.45) is 0 Å². The molecule has 3 rings (SSSR count). The summed E-state index contributed by atoms with van der Waals surface area (Å²) < 4.78 is 11.7. The first kappa shape index (κ1) is 19.3. The van der Waals surface area contributed by atoms with Crippen LogP contribution in [0.2, 0.25) is 0 Å². The van der Waals surface area contributed by atoms with Gasteiger partial charge in [0.15, 0.2) is 0 Å². The van der Waals surface area contributed by atoms with Crippen LogP contribution in [0.25, 0.3) is 11.3 Å². The van der Waals surface area contributed by atoms with Crippen molar-refractivity contribution in [2.45, 2.75) is 32.8 Å². The molecule has 0 unspecified atom stereocenters. The number of hydrogen-bond acceptors (Lipinski definition) is 3. The minimum Gasteiger partial charge on any atom is -0.489 e. The van der Waals surface area contributed by atoms with Crippen LogP contribution in [0.5, 0.6) is 5.75 Å². The summed E-state index contributed by atoms with van der Waals surface area (Å²) in [6.07, 6.45) is -0.0163. The van der Waals surface area contributed by atoms with E-state index >= 15 is 0 Å². The summed E-state index contributed by atoms with van der Waals surface area (Å²) >= 11 is 0. The van der Waals surface area contributed by atoms with Crippen LogP contribution in [0.4, 0.5) is 0 Å². The maximum atomic E-state index is 11.0. The van der Waals surface area contributed by atoms with Crippen LogP contribution in [-0.2, 0) is 11.4 Å². The molecule has 1 heterocycles. The molecule has 0 amide bonds. The Hall–Kier alpha value is -3.45. The standard InChI is InChI=1S/C24H22O4/c1-3-7-20(15-24(25)26)18-10-12-22(13-11-18)27-16-21-14-23(28-17(21)2)19-8-5-4-6-9-19/h4-6,8-14,20H,15-16H2,1-2H3,(H,25,26)/t20-/m0/s1. The molecule has 0 bridgehead atoms. The number of furan rings is 1. The predicted octanol–water partition coefficient (Wildman–Crippen LogP) is 5.42. The van der Waals surface area contributed by atoms with Crippen molar-refractivity contribution in [3.63, 3.8) is 0 Å². The van der Waals surface area contributed by atoms with Crippen molar-refractivity contribution in [1.82, 2.24) is 0 Å². The SMILES string of the molecule is CC#C[C@@H](CC(=O)O)c1ccc(OCc2cc(-c3ccccc3)oc2C)cc1. The molecule has 0 radical (unpaired) electrons. The normalized spacial score (nSPS) is 11.4. The minimum atomic E-state index is -0.863. The number of carboxylic acids is 1. The van der Waals surface area contributed by atoms with Gasteiger partial charge in [0.25, 0.3) is 0 Å². The quantitative estimate of drug-likeness (QED) is 0.561. The van der Waals surface area contributed by atoms with Gasteiger partial charge in [0.2, 0.25) is 0 Å². The van der Waals surface area contributed by atoms with E-state index in [-0.39, 0.29) is 12.3 Å². The highest BCUT2D eigenvalue weighted by molar-refractivity contribution is 5.69. The van der Waals surface area contributed by atoms with Gasteiger partial charge in [0.1, 0.15) is 23.9 Å². The highest BCUT2D eigenvalue weighted by Gasteiger charge is 2.14. The largest absolute Gasteiger partial charge is 0.489 e. The van der Waals surface area contributed by atoms with E-state index in [1.54, 1.807) is 6.92 Å². The zero-order chi connectivity index (χ0) is 19.9. The lowest BCUT2D eigenvalue weighted by Gasteiger charge is -2.10. The van der Waals surface area contributed by atoms with Crippen LogP contribution in [0.1, 0.15) is 36.1 Å². The monoisotopic (exact) mass is 374 g/mol. The molecule has 4 heteroatoms. The van der Waals surface area contributed by atoms with Gasteiger partial charge in [0.05, 0.1) is 12.3 Å². The third-order valence-electron chi connectivity index (χ3n) is 4.45. The number of aryl methyl sites for hydroxylation is 1. The van der Waals surface area contributed by atoms with Crippen molar-refractivity contribution in [2.75, 3.05) is 0 Å². The number of benzene rings is 2. The maximum Gasteiger partial charge on any atom is 0.304 e. The van der Waals surface area contributed by atoms with E-state index in [1.807, 2.05) is 67.6 Å². The fourth-order valence-electron chi connectivity index (χ4n) is 2.97. The van der Waals surface area contributed by atoms with Gasteiger partial charge >= 0.3 is 5.97 Å². The van der Waals surface area contributed by atoms with E-state index in [2.05, 4.69) is 11.8 Å². The van der Waals surface area contributed by atoms with Crippen LogP contribution < -0.4 is 4.74 Å². The molecule has 0 saturated carbocycles. The van der Waals surface area contributed by atoms with Gasteiger partial charge in [-0.15, -0.1) is 5.92 Å². The van der Waals surface area contributed by atoms with Crippen LogP contribution in [-0.4, -0.2) is 11.1 Å². The van der Waals surface area contributed by atoms with Gasteiger partial charge in [0, 0.05) is 11.1 Å². The van der Waals surface area contributed by atoms with E-state index in [1.165, 1.54) is 0 Å². The van der Waals surface area contributed by atoms with Gasteiger partial charge in [-0.3, -0.25) is 4.79 Å². The van der Waals surface area contributed by atoms with Crippen LogP contribution in [0, 0.1) is 18.8 Å². The third-order valence-corrected chi connectivity index (χ3v) is 4.45. The molecule has 1 N–H and O–H groups in total. The van der Waals surface area contributed by atoms with Gasteiger partial charge in [-0.1, -0.05) is 48.4 Å². The second-order valence-corrected chi connectivity index (χ2v) is 6.46. The Labute approximate surface area is 164 Å². The molecule has 28 heavy (non-hydrogen) atoms. The van der Waals surface area contributed by atoms with E-state index in [0.717, 1.165) is 28.2 Å². The van der Waals surface area contributed by atoms with E-state index < -0.39 is 5.97 Å².